The van der Waals surface area contributed by atoms with Crippen molar-refractivity contribution in [3.63, 3.8) is 0 Å². The molecule has 0 N–H and O–H groups in total. The van der Waals surface area contributed by atoms with Crippen LogP contribution in [0.4, 0.5) is 0 Å². The second-order valence-corrected chi connectivity index (χ2v) is 16.0. The van der Waals surface area contributed by atoms with Gasteiger partial charge >= 0.3 is 155 Å². The monoisotopic (exact) mass is 433 g/mol. The van der Waals surface area contributed by atoms with Crippen LogP contribution in [0.1, 0.15) is 98.8 Å². The molecule has 0 nitrogen and oxygen atoms in total. The van der Waals surface area contributed by atoms with Crippen molar-refractivity contribution < 1.29 is 0 Å². The fourth-order valence-corrected chi connectivity index (χ4v) is 12.4. The summed E-state index contributed by atoms with van der Waals surface area (Å²) >= 11 is -0.0560. The Balaban J connectivity index is 0. The van der Waals surface area contributed by atoms with Crippen LogP contribution >= 0.6 is 0 Å². The predicted octanol–water partition coefficient (Wildman–Crippen LogP) is 8.01. The Morgan fingerprint density at radius 3 is 1.09 bits per heavy atom. The third-order valence-corrected chi connectivity index (χ3v) is 13.7. The molecule has 0 heterocycles. The SMILES string of the molecule is CCC[CH2][Ge]([CH2]CCC)[CH2]CCC.CCC[CH2][Ge][CH2]CCC. The molecule has 0 aliphatic carbocycles. The van der Waals surface area contributed by atoms with Gasteiger partial charge in [-0.15, -0.1) is 0 Å². The average molecular weight is 431 g/mol. The zero-order chi connectivity index (χ0) is 16.9. The van der Waals surface area contributed by atoms with Crippen LogP contribution in [0.25, 0.3) is 0 Å². The first-order valence-corrected chi connectivity index (χ1v) is 17.7. The van der Waals surface area contributed by atoms with Crippen molar-refractivity contribution in [2.75, 3.05) is 0 Å². The zero-order valence-corrected chi connectivity index (χ0v) is 20.8. The van der Waals surface area contributed by atoms with E-state index in [0.29, 0.717) is 15.4 Å². The molecule has 0 saturated heterocycles. The molecule has 0 aromatic heterocycles. The molecule has 0 fully saturated rings. The third-order valence-electron chi connectivity index (χ3n) is 4.07. The Morgan fingerprint density at radius 2 is 0.818 bits per heavy atom. The van der Waals surface area contributed by atoms with E-state index in [1.807, 2.05) is 0 Å². The fourth-order valence-electron chi connectivity index (χ4n) is 2.38. The van der Waals surface area contributed by atoms with E-state index in [0.717, 1.165) is 0 Å². The zero-order valence-electron chi connectivity index (χ0n) is 16.6. The van der Waals surface area contributed by atoms with Gasteiger partial charge in [0.1, 0.15) is 0 Å². The molecule has 22 heavy (non-hydrogen) atoms. The van der Waals surface area contributed by atoms with Crippen LogP contribution in [-0.2, 0) is 0 Å². The van der Waals surface area contributed by atoms with Gasteiger partial charge in [-0.2, -0.15) is 0 Å². The Labute approximate surface area is 154 Å². The molecule has 0 spiro atoms. The van der Waals surface area contributed by atoms with Gasteiger partial charge in [0, 0.05) is 0 Å². The minimum absolute atomic E-state index is 0.496. The fraction of sp³-hybridized carbons (Fsp3) is 1.00. The van der Waals surface area contributed by atoms with Crippen LogP contribution in [0.5, 0.6) is 0 Å². The first-order chi connectivity index (χ1) is 10.8. The van der Waals surface area contributed by atoms with Crippen LogP contribution in [0.2, 0.25) is 26.3 Å². The van der Waals surface area contributed by atoms with Gasteiger partial charge in [-0.1, -0.05) is 0 Å². The van der Waals surface area contributed by atoms with Crippen LogP contribution in [-0.4, -0.2) is 29.8 Å². The molecule has 3 radical (unpaired) electrons. The molecule has 0 aromatic carbocycles. The topological polar surface area (TPSA) is 0 Å². The molecule has 0 rings (SSSR count). The van der Waals surface area contributed by atoms with Gasteiger partial charge in [0.25, 0.3) is 0 Å². The van der Waals surface area contributed by atoms with Crippen LogP contribution in [0.15, 0.2) is 0 Å². The summed E-state index contributed by atoms with van der Waals surface area (Å²) in [4.78, 5) is 0. The first kappa shape index (κ1) is 25.3. The molecule has 0 aliphatic heterocycles. The number of hydrogen-bond acceptors (Lipinski definition) is 0. The second-order valence-electron chi connectivity index (χ2n) is 6.52. The van der Waals surface area contributed by atoms with E-state index in [4.69, 9.17) is 0 Å². The van der Waals surface area contributed by atoms with Crippen molar-refractivity contribution in [2.45, 2.75) is 125 Å². The Hall–Kier alpha value is 1.09. The summed E-state index contributed by atoms with van der Waals surface area (Å²) in [5.41, 5.74) is 0. The van der Waals surface area contributed by atoms with E-state index in [1.54, 1.807) is 26.3 Å². The minimum atomic E-state index is -0.552. The van der Waals surface area contributed by atoms with E-state index in [1.165, 1.54) is 64.2 Å². The summed E-state index contributed by atoms with van der Waals surface area (Å²) in [6.45, 7) is 11.6. The summed E-state index contributed by atoms with van der Waals surface area (Å²) in [5.74, 6) is 0. The molecule has 0 bridgehead atoms. The number of rotatable bonds is 15. The van der Waals surface area contributed by atoms with E-state index in [-0.39, 0.29) is 0 Å². The van der Waals surface area contributed by atoms with Crippen molar-refractivity contribution in [3.8, 4) is 0 Å². The predicted molar refractivity (Wildman–Crippen MR) is 110 cm³/mol. The van der Waals surface area contributed by atoms with Crippen molar-refractivity contribution in [1.29, 1.82) is 0 Å². The van der Waals surface area contributed by atoms with E-state index < -0.39 is 14.3 Å². The summed E-state index contributed by atoms with van der Waals surface area (Å²) in [7, 11) is 0. The van der Waals surface area contributed by atoms with Gasteiger partial charge in [-0.05, 0) is 0 Å². The number of unbranched alkanes of at least 4 members (excludes halogenated alkanes) is 5. The molecule has 0 aromatic rings. The molecular weight excluding hydrogens is 385 g/mol. The van der Waals surface area contributed by atoms with Gasteiger partial charge in [0.2, 0.25) is 0 Å². The molecule has 0 aliphatic rings. The van der Waals surface area contributed by atoms with Gasteiger partial charge in [0.05, 0.1) is 0 Å². The van der Waals surface area contributed by atoms with E-state index in [9.17, 15) is 0 Å². The molecule has 0 saturated carbocycles. The first-order valence-electron chi connectivity index (χ1n) is 10.3. The van der Waals surface area contributed by atoms with E-state index in [2.05, 4.69) is 34.6 Å². The van der Waals surface area contributed by atoms with Crippen molar-refractivity contribution in [2.24, 2.45) is 0 Å². The van der Waals surface area contributed by atoms with E-state index >= 15 is 0 Å². The van der Waals surface area contributed by atoms with Gasteiger partial charge in [-0.3, -0.25) is 0 Å². The normalized spacial score (nSPS) is 10.6. The standard InChI is InChI=1S/C12H27Ge.C8H18Ge/c1-4-7-10-13(11-8-5-2)12-9-6-3;1-3-5-7-9-8-6-4-2/h4-12H2,1-3H3;3-8H2,1-2H3. The van der Waals surface area contributed by atoms with Crippen molar-refractivity contribution in [1.82, 2.24) is 0 Å². The van der Waals surface area contributed by atoms with Gasteiger partial charge in [0.15, 0.2) is 0 Å². The van der Waals surface area contributed by atoms with Crippen LogP contribution in [0.3, 0.4) is 0 Å². The average Bonchev–Trinajstić information content (AvgIpc) is 2.55. The van der Waals surface area contributed by atoms with Gasteiger partial charge in [-0.25, -0.2) is 0 Å². The third kappa shape index (κ3) is 23.4. The quantitative estimate of drug-likeness (QED) is 0.182. The summed E-state index contributed by atoms with van der Waals surface area (Å²) in [5, 5.41) is 8.11. The molecule has 0 atom stereocenters. The Kier molecular flexibility index (Phi) is 28.0. The Morgan fingerprint density at radius 1 is 0.500 bits per heavy atom. The molecular formula is C20H45Ge2. The summed E-state index contributed by atoms with van der Waals surface area (Å²) in [6, 6.07) is 0. The maximum absolute atomic E-state index is 2.33. The number of hydrogen-bond donors (Lipinski definition) is 0. The van der Waals surface area contributed by atoms with Crippen molar-refractivity contribution in [3.05, 3.63) is 0 Å². The van der Waals surface area contributed by atoms with Gasteiger partial charge < -0.3 is 0 Å². The Bertz CT molecular complexity index is 146. The van der Waals surface area contributed by atoms with Crippen LogP contribution < -0.4 is 0 Å². The molecule has 0 amide bonds. The maximum atomic E-state index is 2.33. The van der Waals surface area contributed by atoms with Crippen LogP contribution in [0, 0.1) is 0 Å². The molecule has 0 unspecified atom stereocenters. The second kappa shape index (κ2) is 24.3. The van der Waals surface area contributed by atoms with Crippen molar-refractivity contribution >= 4 is 29.8 Å². The molecule has 133 valence electrons. The summed E-state index contributed by atoms with van der Waals surface area (Å²) in [6.07, 6.45) is 14.6. The molecule has 2 heteroatoms. The summed E-state index contributed by atoms with van der Waals surface area (Å²) < 4.78 is 0.